The van der Waals surface area contributed by atoms with Crippen LogP contribution in [0.25, 0.3) is 11.1 Å². The van der Waals surface area contributed by atoms with E-state index in [9.17, 15) is 4.39 Å². The summed E-state index contributed by atoms with van der Waals surface area (Å²) in [5.41, 5.74) is 3.61. The fraction of sp³-hybridized carbons (Fsp3) is 0.333. The fourth-order valence-electron chi connectivity index (χ4n) is 4.41. The number of benzene rings is 3. The summed E-state index contributed by atoms with van der Waals surface area (Å²) in [5, 5.41) is 0. The Bertz CT molecular complexity index is 1120. The average molecular weight is 452 g/mol. The third kappa shape index (κ3) is 4.76. The van der Waals surface area contributed by atoms with Gasteiger partial charge in [-0.25, -0.2) is 4.39 Å². The first-order chi connectivity index (χ1) is 16.0. The minimum Gasteiger partial charge on any atom is -0.493 e. The minimum absolute atomic E-state index is 0.137. The van der Waals surface area contributed by atoms with E-state index in [1.165, 1.54) is 6.07 Å². The van der Waals surface area contributed by atoms with Gasteiger partial charge >= 0.3 is 0 Å². The van der Waals surface area contributed by atoms with Crippen LogP contribution in [0.15, 0.2) is 54.6 Å². The van der Waals surface area contributed by atoms with Gasteiger partial charge in [0.25, 0.3) is 0 Å². The van der Waals surface area contributed by atoms with Crippen LogP contribution in [0, 0.1) is 5.82 Å². The van der Waals surface area contributed by atoms with Gasteiger partial charge in [0, 0.05) is 30.3 Å². The Morgan fingerprint density at radius 3 is 2.48 bits per heavy atom. The summed E-state index contributed by atoms with van der Waals surface area (Å²) in [6.45, 7) is 4.07. The number of halogens is 1. The largest absolute Gasteiger partial charge is 0.493 e. The Balaban J connectivity index is 1.69. The van der Waals surface area contributed by atoms with E-state index in [2.05, 4.69) is 17.9 Å². The summed E-state index contributed by atoms with van der Waals surface area (Å²) < 4.78 is 37.2. The van der Waals surface area contributed by atoms with Gasteiger partial charge in [0.05, 0.1) is 21.3 Å². The fourth-order valence-corrected chi connectivity index (χ4v) is 4.41. The van der Waals surface area contributed by atoms with E-state index in [1.807, 2.05) is 36.4 Å². The van der Waals surface area contributed by atoms with Crippen LogP contribution < -0.4 is 18.9 Å². The SMILES string of the molecule is COc1cc(-c2cccc(OC)c2OC)cc2c1OCCN([C@@H](C)Cc1ccccc1F)C2. The molecule has 0 saturated carbocycles. The van der Waals surface area contributed by atoms with Crippen LogP contribution >= 0.6 is 0 Å². The first kappa shape index (κ1) is 22.9. The van der Waals surface area contributed by atoms with E-state index in [4.69, 9.17) is 18.9 Å². The summed E-state index contributed by atoms with van der Waals surface area (Å²) >= 11 is 0. The van der Waals surface area contributed by atoms with Crippen molar-refractivity contribution in [2.45, 2.75) is 25.9 Å². The van der Waals surface area contributed by atoms with Crippen molar-refractivity contribution in [1.82, 2.24) is 4.90 Å². The molecule has 174 valence electrons. The smallest absolute Gasteiger partial charge is 0.168 e. The van der Waals surface area contributed by atoms with Gasteiger partial charge in [-0.3, -0.25) is 4.90 Å². The van der Waals surface area contributed by atoms with Crippen molar-refractivity contribution in [3.05, 3.63) is 71.5 Å². The molecule has 0 unspecified atom stereocenters. The van der Waals surface area contributed by atoms with Gasteiger partial charge in [-0.2, -0.15) is 0 Å². The highest BCUT2D eigenvalue weighted by Crippen LogP contribution is 2.43. The summed E-state index contributed by atoms with van der Waals surface area (Å²) in [7, 11) is 4.91. The normalized spacial score (nSPS) is 14.6. The molecule has 0 aromatic heterocycles. The molecular weight excluding hydrogens is 421 g/mol. The molecule has 1 aliphatic rings. The number of ether oxygens (including phenoxy) is 4. The van der Waals surface area contributed by atoms with Gasteiger partial charge in [-0.15, -0.1) is 0 Å². The number of nitrogens with zero attached hydrogens (tertiary/aromatic N) is 1. The molecule has 1 aliphatic heterocycles. The maximum atomic E-state index is 14.2. The van der Waals surface area contributed by atoms with E-state index >= 15 is 0 Å². The minimum atomic E-state index is -0.162. The lowest BCUT2D eigenvalue weighted by Gasteiger charge is -2.27. The topological polar surface area (TPSA) is 40.2 Å². The van der Waals surface area contributed by atoms with Crippen molar-refractivity contribution in [3.63, 3.8) is 0 Å². The molecule has 0 spiro atoms. The predicted octanol–water partition coefficient (Wildman–Crippen LogP) is 5.34. The highest BCUT2D eigenvalue weighted by atomic mass is 19.1. The second kappa shape index (κ2) is 10.1. The number of para-hydroxylation sites is 1. The van der Waals surface area contributed by atoms with Crippen LogP contribution in [0.4, 0.5) is 4.39 Å². The zero-order chi connectivity index (χ0) is 23.4. The van der Waals surface area contributed by atoms with E-state index in [-0.39, 0.29) is 11.9 Å². The van der Waals surface area contributed by atoms with Crippen molar-refractivity contribution in [1.29, 1.82) is 0 Å². The Morgan fingerprint density at radius 2 is 1.76 bits per heavy atom. The molecule has 0 aliphatic carbocycles. The molecule has 4 rings (SSSR count). The molecule has 1 heterocycles. The zero-order valence-electron chi connectivity index (χ0n) is 19.6. The Labute approximate surface area is 194 Å². The molecule has 0 fully saturated rings. The van der Waals surface area contributed by atoms with Crippen LogP contribution in [0.3, 0.4) is 0 Å². The molecule has 1 atom stereocenters. The van der Waals surface area contributed by atoms with Gasteiger partial charge in [-0.1, -0.05) is 30.3 Å². The molecule has 0 N–H and O–H groups in total. The van der Waals surface area contributed by atoms with Gasteiger partial charge in [0.1, 0.15) is 12.4 Å². The number of methoxy groups -OCH3 is 3. The summed E-state index contributed by atoms with van der Waals surface area (Å²) in [5.74, 6) is 2.60. The van der Waals surface area contributed by atoms with Gasteiger partial charge in [0.2, 0.25) is 0 Å². The first-order valence-electron chi connectivity index (χ1n) is 11.1. The van der Waals surface area contributed by atoms with E-state index in [1.54, 1.807) is 27.4 Å². The highest BCUT2D eigenvalue weighted by Gasteiger charge is 2.25. The molecule has 0 saturated heterocycles. The van der Waals surface area contributed by atoms with E-state index in [0.717, 1.165) is 34.5 Å². The van der Waals surface area contributed by atoms with Crippen LogP contribution in [0.1, 0.15) is 18.1 Å². The molecule has 6 heteroatoms. The summed E-state index contributed by atoms with van der Waals surface area (Å²) in [6.07, 6.45) is 0.628. The molecule has 0 bridgehead atoms. The van der Waals surface area contributed by atoms with Crippen molar-refractivity contribution < 1.29 is 23.3 Å². The lowest BCUT2D eigenvalue weighted by molar-refractivity contribution is 0.176. The molecule has 0 amide bonds. The molecule has 3 aromatic rings. The number of hydrogen-bond acceptors (Lipinski definition) is 5. The van der Waals surface area contributed by atoms with Crippen LogP contribution in [-0.4, -0.2) is 45.4 Å². The van der Waals surface area contributed by atoms with Crippen LogP contribution in [0.2, 0.25) is 0 Å². The summed E-state index contributed by atoms with van der Waals surface area (Å²) in [6, 6.07) is 17.0. The third-order valence-electron chi connectivity index (χ3n) is 6.16. The number of fused-ring (bicyclic) bond motifs is 1. The molecule has 5 nitrogen and oxygen atoms in total. The van der Waals surface area contributed by atoms with Crippen LogP contribution in [-0.2, 0) is 13.0 Å². The number of hydrogen-bond donors (Lipinski definition) is 0. The van der Waals surface area contributed by atoms with Gasteiger partial charge in [0.15, 0.2) is 23.0 Å². The van der Waals surface area contributed by atoms with Crippen molar-refractivity contribution in [3.8, 4) is 34.1 Å². The Morgan fingerprint density at radius 1 is 0.970 bits per heavy atom. The van der Waals surface area contributed by atoms with E-state index in [0.29, 0.717) is 36.8 Å². The Hall–Kier alpha value is -3.25. The van der Waals surface area contributed by atoms with Crippen LogP contribution in [0.5, 0.6) is 23.0 Å². The molecule has 33 heavy (non-hydrogen) atoms. The van der Waals surface area contributed by atoms with Gasteiger partial charge in [-0.05, 0) is 48.7 Å². The first-order valence-corrected chi connectivity index (χ1v) is 11.1. The molecule has 3 aromatic carbocycles. The summed E-state index contributed by atoms with van der Waals surface area (Å²) in [4.78, 5) is 2.32. The molecule has 0 radical (unpaired) electrons. The average Bonchev–Trinajstić information content (AvgIpc) is 3.06. The van der Waals surface area contributed by atoms with Crippen molar-refractivity contribution in [2.75, 3.05) is 34.5 Å². The monoisotopic (exact) mass is 451 g/mol. The second-order valence-electron chi connectivity index (χ2n) is 8.17. The van der Waals surface area contributed by atoms with Gasteiger partial charge < -0.3 is 18.9 Å². The highest BCUT2D eigenvalue weighted by molar-refractivity contribution is 5.77. The lowest BCUT2D eigenvalue weighted by atomic mass is 9.99. The number of rotatable bonds is 7. The maximum Gasteiger partial charge on any atom is 0.168 e. The van der Waals surface area contributed by atoms with Crippen molar-refractivity contribution >= 4 is 0 Å². The quantitative estimate of drug-likeness (QED) is 0.485. The predicted molar refractivity (Wildman–Crippen MR) is 127 cm³/mol. The lowest BCUT2D eigenvalue weighted by Crippen LogP contribution is -2.36. The standard InChI is InChI=1S/C27H30FNO4/c1-18(14-19-8-5-6-10-23(19)28)29-12-13-33-26-21(17-29)15-20(16-25(26)31-3)22-9-7-11-24(30-2)27(22)32-4/h5-11,15-16,18H,12-14,17H2,1-4H3/t18-/m0/s1. The third-order valence-corrected chi connectivity index (χ3v) is 6.16. The van der Waals surface area contributed by atoms with Crippen molar-refractivity contribution in [2.24, 2.45) is 0 Å². The second-order valence-corrected chi connectivity index (χ2v) is 8.17. The zero-order valence-corrected chi connectivity index (χ0v) is 19.6. The van der Waals surface area contributed by atoms with E-state index < -0.39 is 0 Å². The maximum absolute atomic E-state index is 14.2. The molecular formula is C27H30FNO4. The Kier molecular flexibility index (Phi) is 7.04.